The van der Waals surface area contributed by atoms with Gasteiger partial charge in [-0.2, -0.15) is 0 Å². The average Bonchev–Trinajstić information content (AvgIpc) is 2.42. The lowest BCUT2D eigenvalue weighted by atomic mass is 10.3. The maximum atomic E-state index is 12.2. The molecule has 0 atom stereocenters. The molecule has 0 aliphatic heterocycles. The van der Waals surface area contributed by atoms with Gasteiger partial charge in [-0.25, -0.2) is 8.42 Å². The van der Waals surface area contributed by atoms with Crippen LogP contribution in [0.4, 0.5) is 11.4 Å². The van der Waals surface area contributed by atoms with E-state index in [1.54, 1.807) is 0 Å². The van der Waals surface area contributed by atoms with Gasteiger partial charge in [-0.15, -0.1) is 0 Å². The highest BCUT2D eigenvalue weighted by Crippen LogP contribution is 2.28. The van der Waals surface area contributed by atoms with Gasteiger partial charge in [0.15, 0.2) is 0 Å². The van der Waals surface area contributed by atoms with Gasteiger partial charge in [-0.3, -0.25) is 14.8 Å². The molecule has 0 spiro atoms. The van der Waals surface area contributed by atoms with Crippen LogP contribution in [0.1, 0.15) is 0 Å². The monoisotopic (exact) mass is 346 g/mol. The van der Waals surface area contributed by atoms with Crippen molar-refractivity contribution in [3.05, 3.63) is 62.6 Å². The molecule has 0 saturated carbocycles. The van der Waals surface area contributed by atoms with E-state index in [4.69, 9.17) is 23.2 Å². The van der Waals surface area contributed by atoms with Crippen LogP contribution in [0, 0.1) is 10.1 Å². The minimum atomic E-state index is -3.99. The number of sulfonamides is 1. The fourth-order valence-corrected chi connectivity index (χ4v) is 3.17. The molecule has 0 aromatic heterocycles. The standard InChI is InChI=1S/C12H8Cl2N2O4S/c13-8-4-5-12(11(14)6-8)15-21(19,20)10-3-1-2-9(7-10)16(17)18/h1-7,15H. The second-order valence-corrected chi connectivity index (χ2v) is 6.51. The number of rotatable bonds is 4. The lowest BCUT2D eigenvalue weighted by Crippen LogP contribution is -2.13. The lowest BCUT2D eigenvalue weighted by molar-refractivity contribution is -0.385. The first-order valence-corrected chi connectivity index (χ1v) is 7.76. The Labute approximate surface area is 130 Å². The molecule has 0 bridgehead atoms. The number of non-ortho nitro benzene ring substituents is 1. The van der Waals surface area contributed by atoms with E-state index in [-0.39, 0.29) is 21.3 Å². The Bertz CT molecular complexity index is 809. The Morgan fingerprint density at radius 3 is 2.43 bits per heavy atom. The van der Waals surface area contributed by atoms with Crippen molar-refractivity contribution < 1.29 is 13.3 Å². The highest BCUT2D eigenvalue weighted by Gasteiger charge is 2.18. The first-order valence-electron chi connectivity index (χ1n) is 5.52. The molecule has 0 heterocycles. The van der Waals surface area contributed by atoms with Crippen LogP contribution in [0.5, 0.6) is 0 Å². The van der Waals surface area contributed by atoms with Gasteiger partial charge in [0.25, 0.3) is 15.7 Å². The summed E-state index contributed by atoms with van der Waals surface area (Å²) in [6, 6.07) is 8.96. The summed E-state index contributed by atoms with van der Waals surface area (Å²) < 4.78 is 26.6. The Morgan fingerprint density at radius 1 is 1.10 bits per heavy atom. The van der Waals surface area contributed by atoms with Crippen LogP contribution in [0.25, 0.3) is 0 Å². The Kier molecular flexibility index (Phi) is 4.36. The normalized spacial score (nSPS) is 11.1. The zero-order valence-corrected chi connectivity index (χ0v) is 12.6. The third kappa shape index (κ3) is 3.63. The number of nitro groups is 1. The fourth-order valence-electron chi connectivity index (χ4n) is 1.54. The predicted octanol–water partition coefficient (Wildman–Crippen LogP) is 3.70. The van der Waals surface area contributed by atoms with E-state index in [1.807, 2.05) is 0 Å². The summed E-state index contributed by atoms with van der Waals surface area (Å²) in [4.78, 5) is 9.78. The molecule has 0 radical (unpaired) electrons. The summed E-state index contributed by atoms with van der Waals surface area (Å²) >= 11 is 11.6. The van der Waals surface area contributed by atoms with E-state index in [0.29, 0.717) is 5.02 Å². The molecular formula is C12H8Cl2N2O4S. The van der Waals surface area contributed by atoms with Crippen molar-refractivity contribution in [3.63, 3.8) is 0 Å². The molecular weight excluding hydrogens is 339 g/mol. The summed E-state index contributed by atoms with van der Waals surface area (Å²) in [6.07, 6.45) is 0. The molecule has 6 nitrogen and oxygen atoms in total. The van der Waals surface area contributed by atoms with Gasteiger partial charge in [0.05, 0.1) is 20.5 Å². The van der Waals surface area contributed by atoms with Crippen molar-refractivity contribution in [2.24, 2.45) is 0 Å². The average molecular weight is 347 g/mol. The minimum absolute atomic E-state index is 0.122. The SMILES string of the molecule is O=[N+]([O-])c1cccc(S(=O)(=O)Nc2ccc(Cl)cc2Cl)c1. The van der Waals surface area contributed by atoms with Crippen molar-refractivity contribution in [1.82, 2.24) is 0 Å². The zero-order valence-electron chi connectivity index (χ0n) is 10.3. The number of nitrogens with one attached hydrogen (secondary N) is 1. The zero-order chi connectivity index (χ0) is 15.6. The molecule has 0 aliphatic rings. The summed E-state index contributed by atoms with van der Waals surface area (Å²) in [6.45, 7) is 0. The van der Waals surface area contributed by atoms with Crippen LogP contribution in [-0.4, -0.2) is 13.3 Å². The molecule has 0 aliphatic carbocycles. The largest absolute Gasteiger partial charge is 0.278 e. The second-order valence-electron chi connectivity index (χ2n) is 3.98. The van der Waals surface area contributed by atoms with Crippen LogP contribution in [0.3, 0.4) is 0 Å². The van der Waals surface area contributed by atoms with E-state index in [2.05, 4.69) is 4.72 Å². The number of anilines is 1. The van der Waals surface area contributed by atoms with Crippen molar-refractivity contribution in [2.75, 3.05) is 4.72 Å². The van der Waals surface area contributed by atoms with E-state index < -0.39 is 14.9 Å². The predicted molar refractivity (Wildman–Crippen MR) is 80.4 cm³/mol. The van der Waals surface area contributed by atoms with Gasteiger partial charge < -0.3 is 0 Å². The summed E-state index contributed by atoms with van der Waals surface area (Å²) in [5.74, 6) is 0. The van der Waals surface area contributed by atoms with Gasteiger partial charge >= 0.3 is 0 Å². The first-order chi connectivity index (χ1) is 9.79. The molecule has 2 aromatic carbocycles. The number of hydrogen-bond donors (Lipinski definition) is 1. The molecule has 110 valence electrons. The van der Waals surface area contributed by atoms with E-state index >= 15 is 0 Å². The third-order valence-corrected chi connectivity index (χ3v) is 4.43. The summed E-state index contributed by atoms with van der Waals surface area (Å²) in [7, 11) is -3.99. The molecule has 0 fully saturated rings. The van der Waals surface area contributed by atoms with Gasteiger partial charge in [0.1, 0.15) is 0 Å². The highest BCUT2D eigenvalue weighted by molar-refractivity contribution is 7.92. The number of benzene rings is 2. The van der Waals surface area contributed by atoms with Crippen LogP contribution in [0.15, 0.2) is 47.4 Å². The molecule has 0 saturated heterocycles. The minimum Gasteiger partial charge on any atom is -0.278 e. The molecule has 1 N–H and O–H groups in total. The van der Waals surface area contributed by atoms with Gasteiger partial charge in [0.2, 0.25) is 0 Å². The fraction of sp³-hybridized carbons (Fsp3) is 0. The van der Waals surface area contributed by atoms with Crippen LogP contribution in [0.2, 0.25) is 10.0 Å². The summed E-state index contributed by atoms with van der Waals surface area (Å²) in [5, 5.41) is 11.2. The van der Waals surface area contributed by atoms with E-state index in [9.17, 15) is 18.5 Å². The number of nitrogens with zero attached hydrogens (tertiary/aromatic N) is 1. The number of halogens is 2. The topological polar surface area (TPSA) is 89.3 Å². The van der Waals surface area contributed by atoms with Crippen molar-refractivity contribution in [2.45, 2.75) is 4.90 Å². The van der Waals surface area contributed by atoms with E-state index in [1.165, 1.54) is 36.4 Å². The molecule has 9 heteroatoms. The summed E-state index contributed by atoms with van der Waals surface area (Å²) in [5.41, 5.74) is -0.187. The maximum Gasteiger partial charge on any atom is 0.270 e. The second kappa shape index (κ2) is 5.88. The quantitative estimate of drug-likeness (QED) is 0.674. The van der Waals surface area contributed by atoms with Gasteiger partial charge in [0, 0.05) is 17.2 Å². The van der Waals surface area contributed by atoms with Crippen molar-refractivity contribution in [1.29, 1.82) is 0 Å². The molecule has 21 heavy (non-hydrogen) atoms. The lowest BCUT2D eigenvalue weighted by Gasteiger charge is -2.09. The molecule has 2 rings (SSSR count). The highest BCUT2D eigenvalue weighted by atomic mass is 35.5. The maximum absolute atomic E-state index is 12.2. The third-order valence-electron chi connectivity index (χ3n) is 2.51. The molecule has 2 aromatic rings. The molecule has 0 unspecified atom stereocenters. The van der Waals surface area contributed by atoms with Gasteiger partial charge in [-0.05, 0) is 24.3 Å². The number of nitro benzene ring substituents is 1. The van der Waals surface area contributed by atoms with Gasteiger partial charge in [-0.1, -0.05) is 29.3 Å². The van der Waals surface area contributed by atoms with Crippen LogP contribution in [-0.2, 0) is 10.0 Å². The first kappa shape index (κ1) is 15.6. The van der Waals surface area contributed by atoms with Crippen LogP contribution < -0.4 is 4.72 Å². The Balaban J connectivity index is 2.38. The van der Waals surface area contributed by atoms with E-state index in [0.717, 1.165) is 6.07 Å². The Hall–Kier alpha value is -1.83. The molecule has 0 amide bonds. The van der Waals surface area contributed by atoms with Crippen LogP contribution >= 0.6 is 23.2 Å². The van der Waals surface area contributed by atoms with Crippen molar-refractivity contribution in [3.8, 4) is 0 Å². The van der Waals surface area contributed by atoms with Crippen molar-refractivity contribution >= 4 is 44.6 Å². The Morgan fingerprint density at radius 2 is 1.81 bits per heavy atom. The number of hydrogen-bond acceptors (Lipinski definition) is 4. The smallest absolute Gasteiger partial charge is 0.270 e.